The molecule has 15 heteroatoms. The minimum Gasteiger partial charge on any atom is -0.406 e. The monoisotopic (exact) mass is 548 g/mol. The lowest BCUT2D eigenvalue weighted by Gasteiger charge is -2.15. The van der Waals surface area contributed by atoms with Crippen LogP contribution in [0.25, 0.3) is 11.0 Å². The molecule has 0 aliphatic heterocycles. The Morgan fingerprint density at radius 2 is 0.947 bits per heavy atom. The summed E-state index contributed by atoms with van der Waals surface area (Å²) in [7, 11) is 0. The zero-order valence-corrected chi connectivity index (χ0v) is 18.5. The van der Waals surface area contributed by atoms with Crippen LogP contribution in [-0.2, 0) is 6.18 Å². The highest BCUT2D eigenvalue weighted by Crippen LogP contribution is 2.34. The quantitative estimate of drug-likeness (QED) is 0.239. The minimum absolute atomic E-state index is 0.0441. The Hall–Kier alpha value is -4.43. The van der Waals surface area contributed by atoms with Gasteiger partial charge in [-0.1, -0.05) is 0 Å². The normalized spacial score (nSPS) is 12.3. The van der Waals surface area contributed by atoms with Gasteiger partial charge in [0.1, 0.15) is 11.5 Å². The second kappa shape index (κ2) is 9.79. The van der Waals surface area contributed by atoms with Gasteiger partial charge in [-0.15, -0.1) is 26.3 Å². The van der Waals surface area contributed by atoms with E-state index in [2.05, 4.69) is 30.1 Å². The van der Waals surface area contributed by atoms with Crippen molar-refractivity contribution < 1.29 is 49.0 Å². The van der Waals surface area contributed by atoms with E-state index in [1.54, 1.807) is 0 Å². The van der Waals surface area contributed by atoms with Crippen LogP contribution in [0.2, 0.25) is 0 Å². The van der Waals surface area contributed by atoms with Crippen molar-refractivity contribution in [1.29, 1.82) is 0 Å². The van der Waals surface area contributed by atoms with Crippen LogP contribution in [0, 0.1) is 0 Å². The summed E-state index contributed by atoms with van der Waals surface area (Å²) < 4.78 is 122. The maximum Gasteiger partial charge on any atom is 0.573 e. The Kier molecular flexibility index (Phi) is 6.86. The number of nitrogens with zero attached hydrogens (tertiary/aromatic N) is 2. The fraction of sp³-hybridized carbons (Fsp3) is 0.130. The van der Waals surface area contributed by atoms with Gasteiger partial charge < -0.3 is 20.1 Å². The third-order valence-corrected chi connectivity index (χ3v) is 4.69. The Bertz CT molecular complexity index is 1420. The van der Waals surface area contributed by atoms with Gasteiger partial charge in [0.05, 0.1) is 16.6 Å². The predicted octanol–water partition coefficient (Wildman–Crippen LogP) is 7.93. The molecule has 6 nitrogen and oxygen atoms in total. The zero-order chi connectivity index (χ0) is 27.7. The number of anilines is 4. The lowest BCUT2D eigenvalue weighted by atomic mass is 10.2. The van der Waals surface area contributed by atoms with E-state index in [9.17, 15) is 39.5 Å². The summed E-state index contributed by atoms with van der Waals surface area (Å²) in [6, 6.07) is 11.6. The van der Waals surface area contributed by atoms with Gasteiger partial charge in [0.2, 0.25) is 0 Å². The highest BCUT2D eigenvalue weighted by atomic mass is 19.4. The highest BCUT2D eigenvalue weighted by molar-refractivity contribution is 5.84. The van der Waals surface area contributed by atoms with Crippen molar-refractivity contribution in [2.24, 2.45) is 0 Å². The van der Waals surface area contributed by atoms with Gasteiger partial charge in [-0.2, -0.15) is 13.2 Å². The summed E-state index contributed by atoms with van der Waals surface area (Å²) in [5.74, 6) is -1.18. The number of aromatic nitrogens is 2. The van der Waals surface area contributed by atoms with E-state index in [0.717, 1.165) is 42.5 Å². The van der Waals surface area contributed by atoms with Crippen LogP contribution in [0.4, 0.5) is 62.5 Å². The summed E-state index contributed by atoms with van der Waals surface area (Å²) in [5.41, 5.74) is -0.690. The Balaban J connectivity index is 1.68. The van der Waals surface area contributed by atoms with Gasteiger partial charge in [0.25, 0.3) is 0 Å². The van der Waals surface area contributed by atoms with Crippen molar-refractivity contribution in [3.8, 4) is 11.5 Å². The van der Waals surface area contributed by atoms with Gasteiger partial charge in [0, 0.05) is 11.4 Å². The predicted molar refractivity (Wildman–Crippen MR) is 117 cm³/mol. The lowest BCUT2D eigenvalue weighted by Crippen LogP contribution is -2.17. The number of benzene rings is 3. The molecule has 0 saturated carbocycles. The largest absolute Gasteiger partial charge is 0.573 e. The molecule has 1 aromatic heterocycles. The lowest BCUT2D eigenvalue weighted by molar-refractivity contribution is -0.275. The number of fused-ring (bicyclic) bond motifs is 1. The van der Waals surface area contributed by atoms with Crippen LogP contribution in [0.15, 0.2) is 66.7 Å². The van der Waals surface area contributed by atoms with E-state index in [1.807, 2.05) is 0 Å². The number of rotatable bonds is 6. The molecule has 4 rings (SSSR count). The number of alkyl halides is 9. The Morgan fingerprint density at radius 3 is 1.34 bits per heavy atom. The second-order valence-electron chi connectivity index (χ2n) is 7.52. The van der Waals surface area contributed by atoms with E-state index in [-0.39, 0.29) is 34.0 Å². The fourth-order valence-electron chi connectivity index (χ4n) is 3.16. The number of nitrogens with one attached hydrogen (secondary N) is 2. The summed E-state index contributed by atoms with van der Waals surface area (Å²) in [5, 5.41) is 5.54. The van der Waals surface area contributed by atoms with Gasteiger partial charge in [0.15, 0.2) is 11.6 Å². The highest BCUT2D eigenvalue weighted by Gasteiger charge is 2.32. The first-order valence-electron chi connectivity index (χ1n) is 10.3. The number of hydrogen-bond acceptors (Lipinski definition) is 6. The van der Waals surface area contributed by atoms with Gasteiger partial charge >= 0.3 is 18.9 Å². The van der Waals surface area contributed by atoms with Crippen molar-refractivity contribution in [2.75, 3.05) is 10.6 Å². The molecule has 0 fully saturated rings. The van der Waals surface area contributed by atoms with Crippen molar-refractivity contribution in [3.63, 3.8) is 0 Å². The topological polar surface area (TPSA) is 68.3 Å². The maximum absolute atomic E-state index is 13.2. The summed E-state index contributed by atoms with van der Waals surface area (Å²) in [6.45, 7) is 0. The van der Waals surface area contributed by atoms with Crippen LogP contribution in [0.5, 0.6) is 11.5 Å². The molecule has 1 heterocycles. The first-order chi connectivity index (χ1) is 17.6. The molecular weight excluding hydrogens is 535 g/mol. The summed E-state index contributed by atoms with van der Waals surface area (Å²) in [6.07, 6.45) is -14.5. The molecule has 0 spiro atoms. The fourth-order valence-corrected chi connectivity index (χ4v) is 3.16. The van der Waals surface area contributed by atoms with Crippen LogP contribution < -0.4 is 20.1 Å². The molecule has 0 saturated heterocycles. The van der Waals surface area contributed by atoms with Crippen LogP contribution in [-0.4, -0.2) is 22.7 Å². The van der Waals surface area contributed by atoms with E-state index < -0.39 is 36.0 Å². The molecule has 0 aliphatic rings. The first-order valence-corrected chi connectivity index (χ1v) is 10.3. The summed E-state index contributed by atoms with van der Waals surface area (Å²) in [4.78, 5) is 8.42. The number of halogens is 9. The van der Waals surface area contributed by atoms with Crippen molar-refractivity contribution in [1.82, 2.24) is 9.97 Å². The molecule has 0 unspecified atom stereocenters. The molecule has 4 aromatic rings. The molecule has 200 valence electrons. The minimum atomic E-state index is -4.91. The van der Waals surface area contributed by atoms with Crippen molar-refractivity contribution in [2.45, 2.75) is 18.9 Å². The average molecular weight is 548 g/mol. The van der Waals surface area contributed by atoms with Crippen LogP contribution in [0.3, 0.4) is 0 Å². The molecule has 0 radical (unpaired) electrons. The van der Waals surface area contributed by atoms with Gasteiger partial charge in [-0.3, -0.25) is 0 Å². The van der Waals surface area contributed by atoms with E-state index >= 15 is 0 Å². The third-order valence-electron chi connectivity index (χ3n) is 4.69. The Morgan fingerprint density at radius 1 is 0.526 bits per heavy atom. The standard InChI is InChI=1S/C23H13F9N4O2/c24-21(25,26)12-1-10-17-18(11-12)36-20(34-14-4-8-16(9-5-14)38-23(30,31)32)19(35-17)33-13-2-6-15(7-3-13)37-22(27,28)29/h1-11H,(H,33,35)(H,34,36). The van der Waals surface area contributed by atoms with Crippen molar-refractivity contribution >= 4 is 34.0 Å². The van der Waals surface area contributed by atoms with Crippen LogP contribution in [0.1, 0.15) is 5.56 Å². The average Bonchev–Trinajstić information content (AvgIpc) is 2.79. The van der Waals surface area contributed by atoms with E-state index in [1.165, 1.54) is 24.3 Å². The molecule has 2 N–H and O–H groups in total. The molecule has 3 aromatic carbocycles. The maximum atomic E-state index is 13.2. The Labute approximate surface area is 207 Å². The summed E-state index contributed by atoms with van der Waals surface area (Å²) >= 11 is 0. The number of hydrogen-bond donors (Lipinski definition) is 2. The molecule has 0 aliphatic carbocycles. The second-order valence-corrected chi connectivity index (χ2v) is 7.52. The smallest absolute Gasteiger partial charge is 0.406 e. The third kappa shape index (κ3) is 7.08. The molecule has 0 amide bonds. The van der Waals surface area contributed by atoms with E-state index in [4.69, 9.17) is 0 Å². The first kappa shape index (κ1) is 26.6. The molecule has 0 bridgehead atoms. The number of ether oxygens (including phenoxy) is 2. The molecule has 0 atom stereocenters. The van der Waals surface area contributed by atoms with Crippen molar-refractivity contribution in [3.05, 3.63) is 72.3 Å². The van der Waals surface area contributed by atoms with Gasteiger partial charge in [-0.05, 0) is 66.7 Å². The molecular formula is C23H13F9N4O2. The SMILES string of the molecule is FC(F)(F)Oc1ccc(Nc2nc3ccc(C(F)(F)F)cc3nc2Nc2ccc(OC(F)(F)F)cc2)cc1. The van der Waals surface area contributed by atoms with Gasteiger partial charge in [-0.25, -0.2) is 9.97 Å². The molecule has 38 heavy (non-hydrogen) atoms. The van der Waals surface area contributed by atoms with E-state index in [0.29, 0.717) is 0 Å². The zero-order valence-electron chi connectivity index (χ0n) is 18.5. The van der Waals surface area contributed by atoms with Crippen LogP contribution >= 0.6 is 0 Å².